The highest BCUT2D eigenvalue weighted by Gasteiger charge is 2.04. The van der Waals surface area contributed by atoms with E-state index in [9.17, 15) is 4.79 Å². The van der Waals surface area contributed by atoms with Crippen LogP contribution in [-0.2, 0) is 6.42 Å². The van der Waals surface area contributed by atoms with Crippen molar-refractivity contribution in [2.45, 2.75) is 13.3 Å². The highest BCUT2D eigenvalue weighted by atomic mass is 127. The summed E-state index contributed by atoms with van der Waals surface area (Å²) in [4.78, 5) is 16.4. The Bertz CT molecular complexity index is 1030. The number of carbonyl (C=O) groups excluding carboxylic acids is 1. The van der Waals surface area contributed by atoms with E-state index >= 15 is 0 Å². The number of nitrogens with zero attached hydrogens (tertiary/aromatic N) is 1. The maximum Gasteiger partial charge on any atom is 0.251 e. The first kappa shape index (κ1) is 25.5. The average Bonchev–Trinajstić information content (AvgIpc) is 2.81. The zero-order chi connectivity index (χ0) is 21.9. The van der Waals surface area contributed by atoms with E-state index in [1.807, 2.05) is 55.5 Å². The minimum absolute atomic E-state index is 0. The summed E-state index contributed by atoms with van der Waals surface area (Å²) < 4.78 is 5.98. The number of benzene rings is 3. The molecule has 0 atom stereocenters. The second-order valence-electron chi connectivity index (χ2n) is 7.04. The molecule has 6 nitrogen and oxygen atoms in total. The SMILES string of the molecule is CCNC(=NCCc1cccc(C(=O)NC)c1)NCCOc1cccc2ccccc12.I. The molecule has 0 bridgehead atoms. The fourth-order valence-electron chi connectivity index (χ4n) is 3.30. The van der Waals surface area contributed by atoms with Gasteiger partial charge in [0.25, 0.3) is 5.91 Å². The Labute approximate surface area is 206 Å². The summed E-state index contributed by atoms with van der Waals surface area (Å²) in [6.07, 6.45) is 0.758. The Hall–Kier alpha value is -2.81. The van der Waals surface area contributed by atoms with Crippen LogP contribution in [-0.4, -0.2) is 45.2 Å². The van der Waals surface area contributed by atoms with Crippen LogP contribution < -0.4 is 20.7 Å². The predicted octanol–water partition coefficient (Wildman–Crippen LogP) is 3.99. The van der Waals surface area contributed by atoms with Crippen LogP contribution in [0.3, 0.4) is 0 Å². The van der Waals surface area contributed by atoms with Gasteiger partial charge in [-0.05, 0) is 42.5 Å². The van der Waals surface area contributed by atoms with Crippen molar-refractivity contribution in [2.24, 2.45) is 4.99 Å². The van der Waals surface area contributed by atoms with E-state index in [-0.39, 0.29) is 29.9 Å². The summed E-state index contributed by atoms with van der Waals surface area (Å²) in [5, 5.41) is 11.5. The zero-order valence-corrected chi connectivity index (χ0v) is 20.9. The third kappa shape index (κ3) is 7.40. The third-order valence-corrected chi connectivity index (χ3v) is 4.83. The van der Waals surface area contributed by atoms with Crippen LogP contribution in [0.25, 0.3) is 10.8 Å². The van der Waals surface area contributed by atoms with Gasteiger partial charge in [-0.15, -0.1) is 24.0 Å². The van der Waals surface area contributed by atoms with E-state index in [0.29, 0.717) is 25.3 Å². The largest absolute Gasteiger partial charge is 0.491 e. The van der Waals surface area contributed by atoms with Crippen molar-refractivity contribution >= 4 is 46.6 Å². The molecule has 3 aromatic carbocycles. The molecule has 0 aliphatic heterocycles. The van der Waals surface area contributed by atoms with E-state index in [1.165, 1.54) is 5.39 Å². The number of aliphatic imine (C=N–C) groups is 1. The van der Waals surface area contributed by atoms with Crippen LogP contribution in [0.1, 0.15) is 22.8 Å². The molecule has 7 heteroatoms. The fraction of sp³-hybridized carbons (Fsp3) is 0.280. The number of carbonyl (C=O) groups is 1. The van der Waals surface area contributed by atoms with Crippen LogP contribution >= 0.6 is 24.0 Å². The number of nitrogens with one attached hydrogen (secondary N) is 3. The van der Waals surface area contributed by atoms with Crippen molar-refractivity contribution in [1.29, 1.82) is 0 Å². The van der Waals surface area contributed by atoms with Gasteiger partial charge in [0.2, 0.25) is 0 Å². The molecule has 3 rings (SSSR count). The number of hydrogen-bond donors (Lipinski definition) is 3. The molecule has 0 spiro atoms. The molecule has 0 unspecified atom stereocenters. The summed E-state index contributed by atoms with van der Waals surface area (Å²) in [6.45, 7) is 4.61. The second-order valence-corrected chi connectivity index (χ2v) is 7.04. The van der Waals surface area contributed by atoms with Gasteiger partial charge in [-0.25, -0.2) is 0 Å². The molecular formula is C25H31IN4O2. The number of rotatable bonds is 9. The highest BCUT2D eigenvalue weighted by Crippen LogP contribution is 2.24. The Morgan fingerprint density at radius 3 is 2.59 bits per heavy atom. The summed E-state index contributed by atoms with van der Waals surface area (Å²) >= 11 is 0. The van der Waals surface area contributed by atoms with Gasteiger partial charge in [-0.2, -0.15) is 0 Å². The first-order valence-electron chi connectivity index (χ1n) is 10.6. The Balaban J connectivity index is 0.00000363. The van der Waals surface area contributed by atoms with Gasteiger partial charge < -0.3 is 20.7 Å². The molecule has 0 aliphatic rings. The van der Waals surface area contributed by atoms with Crippen LogP contribution in [0.15, 0.2) is 71.7 Å². The molecule has 3 aromatic rings. The minimum Gasteiger partial charge on any atom is -0.491 e. The van der Waals surface area contributed by atoms with Crippen LogP contribution in [0, 0.1) is 0 Å². The molecular weight excluding hydrogens is 515 g/mol. The number of hydrogen-bond acceptors (Lipinski definition) is 3. The third-order valence-electron chi connectivity index (χ3n) is 4.83. The summed E-state index contributed by atoms with van der Waals surface area (Å²) in [7, 11) is 1.64. The van der Waals surface area contributed by atoms with Gasteiger partial charge in [-0.1, -0.05) is 48.5 Å². The number of ether oxygens (including phenoxy) is 1. The van der Waals surface area contributed by atoms with Crippen molar-refractivity contribution in [2.75, 3.05) is 33.3 Å². The van der Waals surface area contributed by atoms with E-state index in [4.69, 9.17) is 4.74 Å². The van der Waals surface area contributed by atoms with E-state index in [0.717, 1.165) is 35.6 Å². The average molecular weight is 546 g/mol. The van der Waals surface area contributed by atoms with Gasteiger partial charge in [0.1, 0.15) is 12.4 Å². The maximum atomic E-state index is 11.8. The predicted molar refractivity (Wildman–Crippen MR) is 142 cm³/mol. The standard InChI is InChI=1S/C25H30N4O2.HI/c1-3-27-25(28-15-14-19-8-6-11-21(18-19)24(30)26-2)29-16-17-31-23-13-7-10-20-9-4-5-12-22(20)23;/h4-13,18H,3,14-17H2,1-2H3,(H,26,30)(H2,27,28,29);1H. The molecule has 0 heterocycles. The van der Waals surface area contributed by atoms with Gasteiger partial charge in [0, 0.05) is 31.1 Å². The van der Waals surface area contributed by atoms with Crippen LogP contribution in [0.4, 0.5) is 0 Å². The molecule has 0 aromatic heterocycles. The normalized spacial score (nSPS) is 10.9. The molecule has 0 fully saturated rings. The topological polar surface area (TPSA) is 74.8 Å². The lowest BCUT2D eigenvalue weighted by atomic mass is 10.1. The smallest absolute Gasteiger partial charge is 0.251 e. The zero-order valence-electron chi connectivity index (χ0n) is 18.6. The Kier molecular flexibility index (Phi) is 10.8. The summed E-state index contributed by atoms with van der Waals surface area (Å²) in [5.74, 6) is 1.57. The van der Waals surface area contributed by atoms with Crippen LogP contribution in [0.2, 0.25) is 0 Å². The van der Waals surface area contributed by atoms with Crippen molar-refractivity contribution in [3.8, 4) is 5.75 Å². The molecule has 0 saturated carbocycles. The number of guanidine groups is 1. The molecule has 0 saturated heterocycles. The van der Waals surface area contributed by atoms with Crippen molar-refractivity contribution in [1.82, 2.24) is 16.0 Å². The van der Waals surface area contributed by atoms with Crippen molar-refractivity contribution in [3.05, 3.63) is 77.9 Å². The molecule has 0 aliphatic carbocycles. The molecule has 0 radical (unpaired) electrons. The van der Waals surface area contributed by atoms with E-state index < -0.39 is 0 Å². The first-order chi connectivity index (χ1) is 15.2. The monoisotopic (exact) mass is 546 g/mol. The molecule has 3 N–H and O–H groups in total. The lowest BCUT2D eigenvalue weighted by molar-refractivity contribution is 0.0963. The van der Waals surface area contributed by atoms with E-state index in [1.54, 1.807) is 7.05 Å². The van der Waals surface area contributed by atoms with Gasteiger partial charge >= 0.3 is 0 Å². The lowest BCUT2D eigenvalue weighted by Gasteiger charge is -2.13. The van der Waals surface area contributed by atoms with Crippen molar-refractivity contribution in [3.63, 3.8) is 0 Å². The number of halogens is 1. The van der Waals surface area contributed by atoms with Gasteiger partial charge in [-0.3, -0.25) is 9.79 Å². The maximum absolute atomic E-state index is 11.8. The number of amides is 1. The highest BCUT2D eigenvalue weighted by molar-refractivity contribution is 14.0. The second kappa shape index (κ2) is 13.6. The van der Waals surface area contributed by atoms with E-state index in [2.05, 4.69) is 39.1 Å². The lowest BCUT2D eigenvalue weighted by Crippen LogP contribution is -2.39. The first-order valence-corrected chi connectivity index (χ1v) is 10.6. The molecule has 1 amide bonds. The Morgan fingerprint density at radius 1 is 1.00 bits per heavy atom. The van der Waals surface area contributed by atoms with Gasteiger partial charge in [0.05, 0.1) is 6.54 Å². The summed E-state index contributed by atoms with van der Waals surface area (Å²) in [5.41, 5.74) is 1.75. The summed E-state index contributed by atoms with van der Waals surface area (Å²) in [6, 6.07) is 21.9. The quantitative estimate of drug-likeness (QED) is 0.164. The van der Waals surface area contributed by atoms with Crippen LogP contribution in [0.5, 0.6) is 5.75 Å². The van der Waals surface area contributed by atoms with Gasteiger partial charge in [0.15, 0.2) is 5.96 Å². The molecule has 32 heavy (non-hydrogen) atoms. The molecule has 170 valence electrons. The van der Waals surface area contributed by atoms with Crippen molar-refractivity contribution < 1.29 is 9.53 Å². The number of fused-ring (bicyclic) bond motifs is 1. The fourth-order valence-corrected chi connectivity index (χ4v) is 3.30. The minimum atomic E-state index is -0.0773. The Morgan fingerprint density at radius 2 is 1.78 bits per heavy atom.